The van der Waals surface area contributed by atoms with E-state index < -0.39 is 5.91 Å². The van der Waals surface area contributed by atoms with Crippen LogP contribution in [0, 0.1) is 0 Å². The molecular weight excluding hydrogens is 266 g/mol. The molecule has 2 aromatic rings. The van der Waals surface area contributed by atoms with Crippen molar-refractivity contribution in [2.75, 3.05) is 18.0 Å². The van der Waals surface area contributed by atoms with E-state index in [9.17, 15) is 9.59 Å². The summed E-state index contributed by atoms with van der Waals surface area (Å²) in [6, 6.07) is 0. The van der Waals surface area contributed by atoms with Crippen molar-refractivity contribution in [3.8, 4) is 0 Å². The molecule has 2 N–H and O–H groups in total. The fourth-order valence-corrected chi connectivity index (χ4v) is 3.18. The van der Waals surface area contributed by atoms with Gasteiger partial charge in [-0.1, -0.05) is 11.3 Å². The molecule has 0 bridgehead atoms. The SMILES string of the molecule is NC(=O)Cn1cnc2nc(N3CCCC3)sc2c1=O. The average Bonchev–Trinajstić information content (AvgIpc) is 3.00. The quantitative estimate of drug-likeness (QED) is 0.849. The second kappa shape index (κ2) is 4.61. The number of carbonyl (C=O) groups excluding carboxylic acids is 1. The lowest BCUT2D eigenvalue weighted by Gasteiger charge is -2.11. The number of nitrogens with two attached hydrogens (primary N) is 1. The standard InChI is InChI=1S/C11H13N5O2S/c12-7(17)5-16-6-13-9-8(10(16)18)19-11(14-9)15-3-1-2-4-15/h6H,1-5H2,(H2,12,17). The molecule has 0 atom stereocenters. The molecule has 8 heteroatoms. The highest BCUT2D eigenvalue weighted by Gasteiger charge is 2.18. The van der Waals surface area contributed by atoms with E-state index in [2.05, 4.69) is 14.9 Å². The number of thiazole rings is 1. The van der Waals surface area contributed by atoms with Crippen LogP contribution in [0.3, 0.4) is 0 Å². The third kappa shape index (κ3) is 2.19. The molecule has 0 saturated carbocycles. The summed E-state index contributed by atoms with van der Waals surface area (Å²) >= 11 is 1.33. The summed E-state index contributed by atoms with van der Waals surface area (Å²) < 4.78 is 1.70. The van der Waals surface area contributed by atoms with Crippen molar-refractivity contribution in [1.29, 1.82) is 0 Å². The lowest BCUT2D eigenvalue weighted by Crippen LogP contribution is -2.27. The highest BCUT2D eigenvalue weighted by atomic mass is 32.1. The second-order valence-corrected chi connectivity index (χ2v) is 5.46. The van der Waals surface area contributed by atoms with Crippen molar-refractivity contribution in [2.45, 2.75) is 19.4 Å². The molecule has 1 amide bonds. The van der Waals surface area contributed by atoms with Crippen LogP contribution in [0.2, 0.25) is 0 Å². The Hall–Kier alpha value is -1.96. The van der Waals surface area contributed by atoms with Crippen LogP contribution in [0.15, 0.2) is 11.1 Å². The minimum atomic E-state index is -0.562. The van der Waals surface area contributed by atoms with Gasteiger partial charge < -0.3 is 10.6 Å². The van der Waals surface area contributed by atoms with E-state index >= 15 is 0 Å². The van der Waals surface area contributed by atoms with Crippen LogP contribution in [0.25, 0.3) is 10.3 Å². The third-order valence-corrected chi connectivity index (χ3v) is 4.17. The molecule has 0 aliphatic carbocycles. The number of aromatic nitrogens is 3. The van der Waals surface area contributed by atoms with Gasteiger partial charge in [-0.2, -0.15) is 4.98 Å². The molecule has 0 aromatic carbocycles. The van der Waals surface area contributed by atoms with Gasteiger partial charge in [-0.15, -0.1) is 0 Å². The Balaban J connectivity index is 2.05. The molecule has 7 nitrogen and oxygen atoms in total. The Morgan fingerprint density at radius 1 is 1.42 bits per heavy atom. The Morgan fingerprint density at radius 3 is 2.84 bits per heavy atom. The van der Waals surface area contributed by atoms with E-state index in [1.54, 1.807) is 0 Å². The summed E-state index contributed by atoms with van der Waals surface area (Å²) in [4.78, 5) is 33.7. The van der Waals surface area contributed by atoms with Crippen LogP contribution >= 0.6 is 11.3 Å². The average molecular weight is 279 g/mol. The first-order valence-corrected chi connectivity index (χ1v) is 6.86. The van der Waals surface area contributed by atoms with E-state index in [0.717, 1.165) is 31.1 Å². The Kier molecular flexibility index (Phi) is 2.94. The van der Waals surface area contributed by atoms with Gasteiger partial charge in [-0.25, -0.2) is 4.98 Å². The van der Waals surface area contributed by atoms with E-state index in [1.165, 1.54) is 22.2 Å². The fraction of sp³-hybridized carbons (Fsp3) is 0.455. The molecule has 1 saturated heterocycles. The van der Waals surface area contributed by atoms with Gasteiger partial charge in [0.1, 0.15) is 17.6 Å². The number of hydrogen-bond donors (Lipinski definition) is 1. The lowest BCUT2D eigenvalue weighted by atomic mass is 10.4. The number of fused-ring (bicyclic) bond motifs is 1. The van der Waals surface area contributed by atoms with E-state index in [1.807, 2.05) is 0 Å². The first kappa shape index (κ1) is 12.1. The minimum Gasteiger partial charge on any atom is -0.368 e. The fourth-order valence-electron chi connectivity index (χ4n) is 2.16. The zero-order chi connectivity index (χ0) is 13.4. The monoisotopic (exact) mass is 279 g/mol. The number of carbonyl (C=O) groups is 1. The van der Waals surface area contributed by atoms with Gasteiger partial charge >= 0.3 is 0 Å². The summed E-state index contributed by atoms with van der Waals surface area (Å²) in [5, 5.41) is 0.828. The van der Waals surface area contributed by atoms with Gasteiger partial charge in [-0.3, -0.25) is 14.2 Å². The summed E-state index contributed by atoms with van der Waals surface area (Å²) in [6.07, 6.45) is 3.62. The van der Waals surface area contributed by atoms with E-state index in [-0.39, 0.29) is 12.1 Å². The zero-order valence-corrected chi connectivity index (χ0v) is 11.0. The number of anilines is 1. The molecule has 0 spiro atoms. The van der Waals surface area contributed by atoms with Crippen molar-refractivity contribution >= 4 is 32.7 Å². The zero-order valence-electron chi connectivity index (χ0n) is 10.2. The predicted octanol–water partition coefficient (Wildman–Crippen LogP) is -0.0615. The summed E-state index contributed by atoms with van der Waals surface area (Å²) in [7, 11) is 0. The number of amides is 1. The maximum absolute atomic E-state index is 12.2. The molecule has 1 fully saturated rings. The van der Waals surface area contributed by atoms with Crippen molar-refractivity contribution in [2.24, 2.45) is 5.73 Å². The van der Waals surface area contributed by atoms with Crippen LogP contribution in [0.4, 0.5) is 5.13 Å². The van der Waals surface area contributed by atoms with Crippen molar-refractivity contribution in [1.82, 2.24) is 14.5 Å². The van der Waals surface area contributed by atoms with Gasteiger partial charge in [0.25, 0.3) is 5.56 Å². The van der Waals surface area contributed by atoms with Crippen molar-refractivity contribution < 1.29 is 4.79 Å². The van der Waals surface area contributed by atoms with E-state index in [4.69, 9.17) is 5.73 Å². The summed E-state index contributed by atoms with van der Waals surface area (Å²) in [5.74, 6) is -0.562. The van der Waals surface area contributed by atoms with Gasteiger partial charge in [0.05, 0.1) is 0 Å². The molecule has 100 valence electrons. The van der Waals surface area contributed by atoms with Crippen molar-refractivity contribution in [3.63, 3.8) is 0 Å². The molecule has 1 aliphatic rings. The van der Waals surface area contributed by atoms with Crippen LogP contribution in [0.1, 0.15) is 12.8 Å². The van der Waals surface area contributed by atoms with Gasteiger partial charge in [0.2, 0.25) is 5.91 Å². The largest absolute Gasteiger partial charge is 0.368 e. The highest BCUT2D eigenvalue weighted by Crippen LogP contribution is 2.27. The summed E-state index contributed by atoms with van der Waals surface area (Å²) in [6.45, 7) is 1.78. The number of nitrogens with zero attached hydrogens (tertiary/aromatic N) is 4. The Labute approximate surface area is 112 Å². The van der Waals surface area contributed by atoms with E-state index in [0.29, 0.717) is 10.3 Å². The highest BCUT2D eigenvalue weighted by molar-refractivity contribution is 7.22. The van der Waals surface area contributed by atoms with Crippen molar-refractivity contribution in [3.05, 3.63) is 16.7 Å². The smallest absolute Gasteiger partial charge is 0.273 e. The summed E-state index contributed by atoms with van der Waals surface area (Å²) in [5.41, 5.74) is 5.28. The molecular formula is C11H13N5O2S. The molecule has 1 aliphatic heterocycles. The predicted molar refractivity (Wildman–Crippen MR) is 72.3 cm³/mol. The molecule has 19 heavy (non-hydrogen) atoms. The lowest BCUT2D eigenvalue weighted by molar-refractivity contribution is -0.118. The maximum atomic E-state index is 12.2. The molecule has 0 unspecified atom stereocenters. The first-order chi connectivity index (χ1) is 9.15. The minimum absolute atomic E-state index is 0.154. The normalized spacial score (nSPS) is 15.3. The number of hydrogen-bond acceptors (Lipinski definition) is 6. The van der Waals surface area contributed by atoms with Crippen LogP contribution in [-0.4, -0.2) is 33.5 Å². The van der Waals surface area contributed by atoms with Gasteiger partial charge in [0.15, 0.2) is 10.8 Å². The number of primary amides is 1. The molecule has 3 rings (SSSR count). The maximum Gasteiger partial charge on any atom is 0.273 e. The Bertz CT molecular complexity index is 686. The Morgan fingerprint density at radius 2 is 2.16 bits per heavy atom. The third-order valence-electron chi connectivity index (χ3n) is 3.08. The topological polar surface area (TPSA) is 94.1 Å². The molecule has 3 heterocycles. The second-order valence-electron chi connectivity index (χ2n) is 4.49. The van der Waals surface area contributed by atoms with Gasteiger partial charge in [0, 0.05) is 13.1 Å². The van der Waals surface area contributed by atoms with Crippen LogP contribution in [-0.2, 0) is 11.3 Å². The molecule has 2 aromatic heterocycles. The van der Waals surface area contributed by atoms with Crippen LogP contribution in [0.5, 0.6) is 0 Å². The number of rotatable bonds is 3. The first-order valence-electron chi connectivity index (χ1n) is 6.04. The van der Waals surface area contributed by atoms with Crippen LogP contribution < -0.4 is 16.2 Å². The molecule has 0 radical (unpaired) electrons. The van der Waals surface area contributed by atoms with Gasteiger partial charge in [-0.05, 0) is 12.8 Å².